The Morgan fingerprint density at radius 1 is 1.14 bits per heavy atom. The molecule has 28 heavy (non-hydrogen) atoms. The zero-order valence-electron chi connectivity index (χ0n) is 16.6. The van der Waals surface area contributed by atoms with Crippen LogP contribution in [0.5, 0.6) is 0 Å². The lowest BCUT2D eigenvalue weighted by Crippen LogP contribution is -2.39. The molecule has 1 aliphatic heterocycles. The predicted molar refractivity (Wildman–Crippen MR) is 109 cm³/mol. The zero-order chi connectivity index (χ0) is 20.3. The number of sulfonamides is 1. The maximum Gasteiger partial charge on any atom is 0.243 e. The minimum Gasteiger partial charge on any atom is -0.336 e. The molecule has 0 spiro atoms. The first-order valence-electron chi connectivity index (χ1n) is 9.37. The maximum absolute atomic E-state index is 12.8. The van der Waals surface area contributed by atoms with Crippen molar-refractivity contribution in [3.05, 3.63) is 65.2 Å². The molecule has 1 unspecified atom stereocenters. The largest absolute Gasteiger partial charge is 0.336 e. The second-order valence-electron chi connectivity index (χ2n) is 7.34. The van der Waals surface area contributed by atoms with E-state index in [1.54, 1.807) is 36.2 Å². The van der Waals surface area contributed by atoms with Crippen LogP contribution in [0, 0.1) is 13.8 Å². The Bertz CT molecular complexity index is 942. The molecular formula is C21H27N3O3S. The Morgan fingerprint density at radius 3 is 2.50 bits per heavy atom. The molecule has 2 aromatic rings. The summed E-state index contributed by atoms with van der Waals surface area (Å²) in [7, 11) is -1.78. The van der Waals surface area contributed by atoms with E-state index in [1.807, 2.05) is 38.1 Å². The van der Waals surface area contributed by atoms with Crippen molar-refractivity contribution in [1.82, 2.24) is 14.5 Å². The van der Waals surface area contributed by atoms with Crippen LogP contribution in [0.25, 0.3) is 0 Å². The Hall–Kier alpha value is -2.22. The first-order chi connectivity index (χ1) is 13.3. The topological polar surface area (TPSA) is 69.5 Å². The van der Waals surface area contributed by atoms with Gasteiger partial charge in [-0.05, 0) is 38.6 Å². The van der Waals surface area contributed by atoms with Crippen molar-refractivity contribution in [2.45, 2.75) is 31.3 Å². The minimum absolute atomic E-state index is 0.0383. The Labute approximate surface area is 167 Å². The molecule has 1 aliphatic rings. The second-order valence-corrected chi connectivity index (χ2v) is 9.23. The highest BCUT2D eigenvalue weighted by Gasteiger charge is 2.45. The minimum atomic E-state index is -3.52. The van der Waals surface area contributed by atoms with Gasteiger partial charge in [-0.1, -0.05) is 47.5 Å². The van der Waals surface area contributed by atoms with Crippen molar-refractivity contribution < 1.29 is 13.2 Å². The van der Waals surface area contributed by atoms with Crippen LogP contribution in [0.4, 0.5) is 0 Å². The van der Waals surface area contributed by atoms with Gasteiger partial charge < -0.3 is 10.2 Å². The predicted octanol–water partition coefficient (Wildman–Crippen LogP) is 1.92. The van der Waals surface area contributed by atoms with Gasteiger partial charge in [0.05, 0.1) is 17.5 Å². The number of rotatable bonds is 8. The van der Waals surface area contributed by atoms with E-state index in [1.165, 1.54) is 4.31 Å². The number of aryl methyl sites for hydroxylation is 2. The molecule has 2 atom stereocenters. The monoisotopic (exact) mass is 401 g/mol. The van der Waals surface area contributed by atoms with Gasteiger partial charge in [-0.2, -0.15) is 4.31 Å². The molecule has 2 aromatic carbocycles. The van der Waals surface area contributed by atoms with Gasteiger partial charge in [0.1, 0.15) is 0 Å². The summed E-state index contributed by atoms with van der Waals surface area (Å²) in [6.07, 6.45) is 0. The number of nitrogens with zero attached hydrogens (tertiary/aromatic N) is 2. The zero-order valence-corrected chi connectivity index (χ0v) is 17.4. The SMILES string of the molecule is CNCC(=O)N(Cc1cccc(C)c1)C[C@H]1CN1S(=O)(=O)c1ccc(C)cc1. The van der Waals surface area contributed by atoms with E-state index in [0.29, 0.717) is 24.5 Å². The van der Waals surface area contributed by atoms with Crippen LogP contribution < -0.4 is 5.32 Å². The van der Waals surface area contributed by atoms with Gasteiger partial charge in [0.25, 0.3) is 0 Å². The second kappa shape index (κ2) is 8.43. The van der Waals surface area contributed by atoms with Crippen molar-refractivity contribution in [3.63, 3.8) is 0 Å². The molecule has 150 valence electrons. The number of nitrogens with one attached hydrogen (secondary N) is 1. The Kier molecular flexibility index (Phi) is 6.17. The Balaban J connectivity index is 1.71. The van der Waals surface area contributed by atoms with E-state index in [0.717, 1.165) is 16.7 Å². The molecule has 0 bridgehead atoms. The van der Waals surface area contributed by atoms with Gasteiger partial charge in [0, 0.05) is 19.6 Å². The maximum atomic E-state index is 12.8. The molecule has 3 rings (SSSR count). The third kappa shape index (κ3) is 4.79. The highest BCUT2D eigenvalue weighted by Crippen LogP contribution is 2.29. The molecule has 0 aliphatic carbocycles. The fraction of sp³-hybridized carbons (Fsp3) is 0.381. The highest BCUT2D eigenvalue weighted by molar-refractivity contribution is 7.89. The smallest absolute Gasteiger partial charge is 0.243 e. The number of benzene rings is 2. The fourth-order valence-electron chi connectivity index (χ4n) is 3.25. The number of amides is 1. The van der Waals surface area contributed by atoms with Crippen LogP contribution in [0.2, 0.25) is 0 Å². The van der Waals surface area contributed by atoms with Gasteiger partial charge in [-0.25, -0.2) is 8.42 Å². The molecular weight excluding hydrogens is 374 g/mol. The number of carbonyl (C=O) groups excluding carboxylic acids is 1. The van der Waals surface area contributed by atoms with E-state index in [2.05, 4.69) is 5.32 Å². The fourth-order valence-corrected chi connectivity index (χ4v) is 4.83. The van der Waals surface area contributed by atoms with Crippen molar-refractivity contribution in [2.24, 2.45) is 0 Å². The van der Waals surface area contributed by atoms with Gasteiger partial charge in [0.2, 0.25) is 15.9 Å². The molecule has 1 amide bonds. The van der Waals surface area contributed by atoms with Gasteiger partial charge >= 0.3 is 0 Å². The summed E-state index contributed by atoms with van der Waals surface area (Å²) in [5, 5.41) is 2.89. The third-order valence-electron chi connectivity index (χ3n) is 4.86. The molecule has 7 heteroatoms. The lowest BCUT2D eigenvalue weighted by atomic mass is 10.1. The average molecular weight is 402 g/mol. The number of likely N-dealkylation sites (N-methyl/N-ethyl adjacent to an activating group) is 1. The lowest BCUT2D eigenvalue weighted by Gasteiger charge is -2.23. The van der Waals surface area contributed by atoms with Crippen molar-refractivity contribution in [3.8, 4) is 0 Å². The summed E-state index contributed by atoms with van der Waals surface area (Å²) in [5.41, 5.74) is 3.19. The van der Waals surface area contributed by atoms with Crippen LogP contribution in [0.1, 0.15) is 16.7 Å². The third-order valence-corrected chi connectivity index (χ3v) is 6.79. The molecule has 0 radical (unpaired) electrons. The van der Waals surface area contributed by atoms with Gasteiger partial charge in [-0.15, -0.1) is 0 Å². The van der Waals surface area contributed by atoms with Crippen LogP contribution in [-0.2, 0) is 21.4 Å². The number of hydrogen-bond donors (Lipinski definition) is 1. The summed E-state index contributed by atoms with van der Waals surface area (Å²) in [6.45, 7) is 5.46. The van der Waals surface area contributed by atoms with Gasteiger partial charge in [0.15, 0.2) is 0 Å². The summed E-state index contributed by atoms with van der Waals surface area (Å²) >= 11 is 0. The molecule has 1 heterocycles. The van der Waals surface area contributed by atoms with E-state index in [9.17, 15) is 13.2 Å². The van der Waals surface area contributed by atoms with Crippen LogP contribution >= 0.6 is 0 Å². The molecule has 0 aromatic heterocycles. The molecule has 1 N–H and O–H groups in total. The Morgan fingerprint density at radius 2 is 1.86 bits per heavy atom. The normalized spacial score (nSPS) is 18.7. The summed E-state index contributed by atoms with van der Waals surface area (Å²) in [6, 6.07) is 14.7. The number of carbonyl (C=O) groups is 1. The standard InChI is InChI=1S/C21H27N3O3S/c1-16-7-9-20(10-8-16)28(26,27)24-15-19(24)14-23(21(25)12-22-3)13-18-6-4-5-17(2)11-18/h4-11,19,22H,12-15H2,1-3H3/t19-,24?/m0/s1. The summed E-state index contributed by atoms with van der Waals surface area (Å²) in [5.74, 6) is -0.0383. The van der Waals surface area contributed by atoms with Crippen LogP contribution in [0.3, 0.4) is 0 Å². The average Bonchev–Trinajstić information content (AvgIpc) is 3.42. The lowest BCUT2D eigenvalue weighted by molar-refractivity contribution is -0.130. The number of hydrogen-bond acceptors (Lipinski definition) is 4. The van der Waals surface area contributed by atoms with Crippen molar-refractivity contribution in [2.75, 3.05) is 26.7 Å². The van der Waals surface area contributed by atoms with Crippen LogP contribution in [-0.4, -0.2) is 56.3 Å². The molecule has 1 saturated heterocycles. The van der Waals surface area contributed by atoms with E-state index in [4.69, 9.17) is 0 Å². The highest BCUT2D eigenvalue weighted by atomic mass is 32.2. The van der Waals surface area contributed by atoms with E-state index in [-0.39, 0.29) is 18.5 Å². The molecule has 1 fully saturated rings. The van der Waals surface area contributed by atoms with Crippen molar-refractivity contribution in [1.29, 1.82) is 0 Å². The van der Waals surface area contributed by atoms with Crippen molar-refractivity contribution >= 4 is 15.9 Å². The van der Waals surface area contributed by atoms with E-state index < -0.39 is 10.0 Å². The summed E-state index contributed by atoms with van der Waals surface area (Å²) in [4.78, 5) is 14.6. The molecule has 6 nitrogen and oxygen atoms in total. The van der Waals surface area contributed by atoms with E-state index >= 15 is 0 Å². The quantitative estimate of drug-likeness (QED) is 0.686. The first kappa shape index (κ1) is 20.5. The van der Waals surface area contributed by atoms with Crippen LogP contribution in [0.15, 0.2) is 53.4 Å². The first-order valence-corrected chi connectivity index (χ1v) is 10.8. The van der Waals surface area contributed by atoms with Gasteiger partial charge in [-0.3, -0.25) is 4.79 Å². The summed E-state index contributed by atoms with van der Waals surface area (Å²) < 4.78 is 27.1. The molecule has 0 saturated carbocycles.